The van der Waals surface area contributed by atoms with Crippen LogP contribution in [0.4, 0.5) is 10.2 Å². The number of aliphatic hydroxyl groups excluding tert-OH is 2. The van der Waals surface area contributed by atoms with Crippen molar-refractivity contribution in [3.05, 3.63) is 16.1 Å². The van der Waals surface area contributed by atoms with Crippen LogP contribution in [-0.4, -0.2) is 49.2 Å². The number of aromatic nitrogens is 3. The van der Waals surface area contributed by atoms with Crippen molar-refractivity contribution in [2.24, 2.45) is 0 Å². The Bertz CT molecular complexity index is 692. The van der Waals surface area contributed by atoms with Crippen molar-refractivity contribution in [3.63, 3.8) is 0 Å². The van der Waals surface area contributed by atoms with Crippen molar-refractivity contribution >= 4 is 39.4 Å². The van der Waals surface area contributed by atoms with Crippen LogP contribution in [0.1, 0.15) is 13.2 Å². The lowest BCUT2D eigenvalue weighted by Crippen LogP contribution is -2.40. The normalized spacial score (nSPS) is 32.9. The first kappa shape index (κ1) is 14.9. The Morgan fingerprint density at radius 3 is 2.90 bits per heavy atom. The van der Waals surface area contributed by atoms with Crippen LogP contribution in [0, 0.1) is 3.57 Å². The minimum absolute atomic E-state index is 0.293. The Kier molecular flexibility index (Phi) is 3.55. The van der Waals surface area contributed by atoms with Crippen molar-refractivity contribution in [2.45, 2.75) is 31.0 Å². The van der Waals surface area contributed by atoms with E-state index in [1.54, 1.807) is 6.20 Å². The van der Waals surface area contributed by atoms with Gasteiger partial charge < -0.3 is 25.3 Å². The molecule has 21 heavy (non-hydrogen) atoms. The number of halogens is 2. The largest absolute Gasteiger partial charge is 0.394 e. The fraction of sp³-hybridized carbons (Fsp3) is 0.500. The zero-order valence-corrected chi connectivity index (χ0v) is 13.2. The van der Waals surface area contributed by atoms with E-state index in [1.165, 1.54) is 17.8 Å². The molecule has 9 heteroatoms. The Morgan fingerprint density at radius 1 is 1.57 bits per heavy atom. The monoisotopic (exact) mass is 408 g/mol. The van der Waals surface area contributed by atoms with E-state index in [1.807, 2.05) is 0 Å². The van der Waals surface area contributed by atoms with Crippen LogP contribution in [0.5, 0.6) is 0 Å². The molecule has 1 fully saturated rings. The van der Waals surface area contributed by atoms with Gasteiger partial charge in [0.1, 0.15) is 30.0 Å². The van der Waals surface area contributed by atoms with Crippen molar-refractivity contribution in [2.75, 3.05) is 12.3 Å². The number of nitrogen functional groups attached to an aromatic ring is 1. The summed E-state index contributed by atoms with van der Waals surface area (Å²) in [6.45, 7) is 0.770. The van der Waals surface area contributed by atoms with Crippen LogP contribution in [0.3, 0.4) is 0 Å². The summed E-state index contributed by atoms with van der Waals surface area (Å²) in [5.74, 6) is 0.293. The number of rotatable bonds is 2. The molecular formula is C12H14FIN4O3. The molecule has 2 aromatic rings. The highest BCUT2D eigenvalue weighted by Crippen LogP contribution is 2.43. The molecule has 3 heterocycles. The molecule has 4 atom stereocenters. The van der Waals surface area contributed by atoms with Gasteiger partial charge in [0.25, 0.3) is 0 Å². The molecule has 0 radical (unpaired) electrons. The maximum absolute atomic E-state index is 14.8. The third-order valence-corrected chi connectivity index (χ3v) is 4.56. The lowest BCUT2D eigenvalue weighted by molar-refractivity contribution is -0.0564. The SMILES string of the molecule is C[C@@]1(F)[C@H](O)[C@@H](CO)O[C@@H]1n1cc(I)c2c(N)ncnc21. The second-order valence-electron chi connectivity index (χ2n) is 5.15. The molecule has 0 unspecified atom stereocenters. The summed E-state index contributed by atoms with van der Waals surface area (Å²) in [6, 6.07) is 0. The zero-order chi connectivity index (χ0) is 15.4. The van der Waals surface area contributed by atoms with Crippen molar-refractivity contribution in [1.82, 2.24) is 14.5 Å². The number of alkyl halides is 1. The van der Waals surface area contributed by atoms with E-state index in [-0.39, 0.29) is 0 Å². The summed E-state index contributed by atoms with van der Waals surface area (Å²) in [5.41, 5.74) is 4.18. The highest BCUT2D eigenvalue weighted by atomic mass is 127. The molecule has 0 aliphatic carbocycles. The van der Waals surface area contributed by atoms with E-state index in [4.69, 9.17) is 10.5 Å². The summed E-state index contributed by atoms with van der Waals surface area (Å²) in [7, 11) is 0. The number of nitrogens with zero attached hydrogens (tertiary/aromatic N) is 3. The highest BCUT2D eigenvalue weighted by Gasteiger charge is 2.55. The molecule has 0 bridgehead atoms. The van der Waals surface area contributed by atoms with E-state index in [0.717, 1.165) is 3.57 Å². The van der Waals surface area contributed by atoms with E-state index in [0.29, 0.717) is 16.9 Å². The molecule has 2 aromatic heterocycles. The van der Waals surface area contributed by atoms with E-state index >= 15 is 0 Å². The molecule has 0 amide bonds. The van der Waals surface area contributed by atoms with Gasteiger partial charge in [0.15, 0.2) is 11.9 Å². The minimum Gasteiger partial charge on any atom is -0.394 e. The zero-order valence-electron chi connectivity index (χ0n) is 11.1. The number of hydrogen-bond acceptors (Lipinski definition) is 6. The molecule has 1 saturated heterocycles. The summed E-state index contributed by atoms with van der Waals surface area (Å²) in [4.78, 5) is 8.04. The van der Waals surface area contributed by atoms with Gasteiger partial charge in [-0.15, -0.1) is 0 Å². The summed E-state index contributed by atoms with van der Waals surface area (Å²) in [6.07, 6.45) is -0.592. The Labute approximate surface area is 133 Å². The second-order valence-corrected chi connectivity index (χ2v) is 6.31. The maximum atomic E-state index is 14.8. The molecule has 4 N–H and O–H groups in total. The van der Waals surface area contributed by atoms with Gasteiger partial charge in [-0.3, -0.25) is 0 Å². The van der Waals surface area contributed by atoms with E-state index < -0.39 is 30.7 Å². The molecule has 0 aromatic carbocycles. The van der Waals surface area contributed by atoms with Crippen molar-refractivity contribution < 1.29 is 19.3 Å². The highest BCUT2D eigenvalue weighted by molar-refractivity contribution is 14.1. The van der Waals surface area contributed by atoms with E-state index in [9.17, 15) is 14.6 Å². The first-order chi connectivity index (χ1) is 9.87. The van der Waals surface area contributed by atoms with Crippen LogP contribution >= 0.6 is 22.6 Å². The average Bonchev–Trinajstić information content (AvgIpc) is 2.87. The molecule has 3 rings (SSSR count). The van der Waals surface area contributed by atoms with Gasteiger partial charge >= 0.3 is 0 Å². The second kappa shape index (κ2) is 5.00. The van der Waals surface area contributed by atoms with Gasteiger partial charge in [-0.05, 0) is 29.5 Å². The van der Waals surface area contributed by atoms with Gasteiger partial charge in [-0.25, -0.2) is 14.4 Å². The number of fused-ring (bicyclic) bond motifs is 1. The van der Waals surface area contributed by atoms with Crippen LogP contribution in [0.15, 0.2) is 12.5 Å². The Morgan fingerprint density at radius 2 is 2.29 bits per heavy atom. The number of aliphatic hydroxyl groups is 2. The average molecular weight is 408 g/mol. The summed E-state index contributed by atoms with van der Waals surface area (Å²) < 4.78 is 22.5. The van der Waals surface area contributed by atoms with Crippen LogP contribution in [-0.2, 0) is 4.74 Å². The molecule has 1 aliphatic rings. The number of hydrogen-bond donors (Lipinski definition) is 3. The molecule has 114 valence electrons. The molecule has 0 saturated carbocycles. The first-order valence-corrected chi connectivity index (χ1v) is 7.35. The quantitative estimate of drug-likeness (QED) is 0.629. The van der Waals surface area contributed by atoms with Crippen LogP contribution in [0.25, 0.3) is 11.0 Å². The van der Waals surface area contributed by atoms with E-state index in [2.05, 4.69) is 32.6 Å². The third-order valence-electron chi connectivity index (χ3n) is 3.74. The third kappa shape index (κ3) is 2.10. The van der Waals surface area contributed by atoms with Gasteiger partial charge in [0.05, 0.1) is 12.0 Å². The van der Waals surface area contributed by atoms with Crippen LogP contribution in [0.2, 0.25) is 0 Å². The van der Waals surface area contributed by atoms with Crippen molar-refractivity contribution in [3.8, 4) is 0 Å². The summed E-state index contributed by atoms with van der Waals surface area (Å²) in [5, 5.41) is 19.7. The molecule has 0 spiro atoms. The summed E-state index contributed by atoms with van der Waals surface area (Å²) >= 11 is 2.05. The first-order valence-electron chi connectivity index (χ1n) is 6.27. The molecule has 7 nitrogen and oxygen atoms in total. The minimum atomic E-state index is -2.07. The fourth-order valence-electron chi connectivity index (χ4n) is 2.60. The van der Waals surface area contributed by atoms with Gasteiger partial charge in [-0.2, -0.15) is 0 Å². The topological polar surface area (TPSA) is 106 Å². The lowest BCUT2D eigenvalue weighted by atomic mass is 9.98. The van der Waals surface area contributed by atoms with Crippen molar-refractivity contribution in [1.29, 1.82) is 0 Å². The fourth-order valence-corrected chi connectivity index (χ4v) is 3.42. The smallest absolute Gasteiger partial charge is 0.181 e. The predicted molar refractivity (Wildman–Crippen MR) is 81.2 cm³/mol. The van der Waals surface area contributed by atoms with Gasteiger partial charge in [0.2, 0.25) is 0 Å². The predicted octanol–water partition coefficient (Wildman–Crippen LogP) is 0.597. The number of anilines is 1. The number of nitrogens with two attached hydrogens (primary N) is 1. The van der Waals surface area contributed by atoms with Gasteiger partial charge in [0, 0.05) is 9.77 Å². The van der Waals surface area contributed by atoms with Gasteiger partial charge in [-0.1, -0.05) is 0 Å². The molecular weight excluding hydrogens is 394 g/mol. The maximum Gasteiger partial charge on any atom is 0.181 e. The number of ether oxygens (including phenoxy) is 1. The standard InChI is InChI=1S/C12H14FIN4O3/c1-12(13)8(20)6(3-19)21-11(12)18-2-5(14)7-9(15)16-4-17-10(7)18/h2,4,6,8,11,19-20H,3H2,1H3,(H2,15,16,17)/t6-,8-,11+,12-/m1/s1. The van der Waals surface area contributed by atoms with Crippen LogP contribution < -0.4 is 5.73 Å². The lowest BCUT2D eigenvalue weighted by Gasteiger charge is -2.25. The molecule has 1 aliphatic heterocycles. The Balaban J connectivity index is 2.15. The Hall–Kier alpha value is -1.04.